The van der Waals surface area contributed by atoms with Gasteiger partial charge in [-0.15, -0.1) is 0 Å². The lowest BCUT2D eigenvalue weighted by Gasteiger charge is -2.29. The minimum atomic E-state index is 0.429. The van der Waals surface area contributed by atoms with Gasteiger partial charge in [-0.25, -0.2) is 0 Å². The molecule has 0 heterocycles. The molecule has 1 fully saturated rings. The Labute approximate surface area is 124 Å². The molecule has 0 bridgehead atoms. The van der Waals surface area contributed by atoms with Crippen molar-refractivity contribution < 1.29 is 0 Å². The van der Waals surface area contributed by atoms with Crippen LogP contribution >= 0.6 is 0 Å². The van der Waals surface area contributed by atoms with Gasteiger partial charge in [-0.1, -0.05) is 38.1 Å². The first-order chi connectivity index (χ1) is 9.54. The van der Waals surface area contributed by atoms with Gasteiger partial charge < -0.3 is 11.1 Å². The van der Waals surface area contributed by atoms with E-state index in [2.05, 4.69) is 50.4 Å². The van der Waals surface area contributed by atoms with Crippen molar-refractivity contribution in [3.8, 4) is 0 Å². The summed E-state index contributed by atoms with van der Waals surface area (Å²) in [6, 6.07) is 10.6. The topological polar surface area (TPSA) is 38.0 Å². The molecule has 1 aromatic rings. The Morgan fingerprint density at radius 1 is 1.05 bits per heavy atom. The molecule has 0 radical (unpaired) electrons. The van der Waals surface area contributed by atoms with E-state index in [1.54, 1.807) is 0 Å². The molecule has 112 valence electrons. The second-order valence-corrected chi connectivity index (χ2v) is 6.84. The molecule has 0 aliphatic heterocycles. The first-order valence-electron chi connectivity index (χ1n) is 8.15. The Hall–Kier alpha value is -0.860. The van der Waals surface area contributed by atoms with E-state index in [4.69, 9.17) is 5.73 Å². The monoisotopic (exact) mass is 274 g/mol. The van der Waals surface area contributed by atoms with E-state index >= 15 is 0 Å². The molecule has 1 aliphatic rings. The molecule has 2 nitrogen and oxygen atoms in total. The van der Waals surface area contributed by atoms with E-state index in [1.807, 2.05) is 0 Å². The molecule has 0 aromatic heterocycles. The minimum Gasteiger partial charge on any atom is -0.328 e. The lowest BCUT2D eigenvalue weighted by Crippen LogP contribution is -2.38. The number of hydrogen-bond donors (Lipinski definition) is 2. The van der Waals surface area contributed by atoms with Gasteiger partial charge in [0.2, 0.25) is 0 Å². The fourth-order valence-electron chi connectivity index (χ4n) is 3.15. The second kappa shape index (κ2) is 7.24. The molecular formula is C18H30N2. The molecule has 2 heteroatoms. The maximum absolute atomic E-state index is 5.97. The standard InChI is InChI=1S/C18H30N2/c1-13(2)12-15-4-6-16(7-5-15)14(3)20-18-10-8-17(19)9-11-18/h4-7,13-14,17-18,20H,8-12,19H2,1-3H3. The second-order valence-electron chi connectivity index (χ2n) is 6.84. The summed E-state index contributed by atoms with van der Waals surface area (Å²) in [4.78, 5) is 0. The average molecular weight is 274 g/mol. The number of hydrogen-bond acceptors (Lipinski definition) is 2. The highest BCUT2D eigenvalue weighted by molar-refractivity contribution is 5.25. The molecule has 1 atom stereocenters. The summed E-state index contributed by atoms with van der Waals surface area (Å²) < 4.78 is 0. The van der Waals surface area contributed by atoms with Crippen LogP contribution in [0.2, 0.25) is 0 Å². The van der Waals surface area contributed by atoms with Crippen molar-refractivity contribution in [1.29, 1.82) is 0 Å². The largest absolute Gasteiger partial charge is 0.328 e. The van der Waals surface area contributed by atoms with E-state index in [-0.39, 0.29) is 0 Å². The zero-order valence-corrected chi connectivity index (χ0v) is 13.2. The van der Waals surface area contributed by atoms with Crippen molar-refractivity contribution in [3.63, 3.8) is 0 Å². The van der Waals surface area contributed by atoms with Gasteiger partial charge in [-0.05, 0) is 56.1 Å². The summed E-state index contributed by atoms with van der Waals surface area (Å²) in [5.74, 6) is 0.725. The smallest absolute Gasteiger partial charge is 0.0294 e. The van der Waals surface area contributed by atoms with Gasteiger partial charge in [0, 0.05) is 18.1 Å². The quantitative estimate of drug-likeness (QED) is 0.857. The average Bonchev–Trinajstić information content (AvgIpc) is 2.41. The fraction of sp³-hybridized carbons (Fsp3) is 0.667. The molecule has 0 spiro atoms. The van der Waals surface area contributed by atoms with Crippen LogP contribution in [0, 0.1) is 5.92 Å². The predicted octanol–water partition coefficient (Wildman–Crippen LogP) is 3.81. The summed E-state index contributed by atoms with van der Waals surface area (Å²) in [7, 11) is 0. The summed E-state index contributed by atoms with van der Waals surface area (Å²) in [6.07, 6.45) is 5.94. The van der Waals surface area contributed by atoms with E-state index < -0.39 is 0 Å². The highest BCUT2D eigenvalue weighted by Gasteiger charge is 2.20. The van der Waals surface area contributed by atoms with E-state index in [1.165, 1.54) is 30.4 Å². The molecule has 1 saturated carbocycles. The summed E-state index contributed by atoms with van der Waals surface area (Å²) in [5.41, 5.74) is 8.81. The molecule has 2 rings (SSSR count). The molecule has 0 amide bonds. The van der Waals surface area contributed by atoms with E-state index in [0.717, 1.165) is 18.8 Å². The van der Waals surface area contributed by atoms with Crippen LogP contribution in [0.25, 0.3) is 0 Å². The highest BCUT2D eigenvalue weighted by atomic mass is 14.9. The van der Waals surface area contributed by atoms with Crippen LogP contribution in [0.4, 0.5) is 0 Å². The maximum atomic E-state index is 5.97. The van der Waals surface area contributed by atoms with Crippen molar-refractivity contribution >= 4 is 0 Å². The van der Waals surface area contributed by atoms with Gasteiger partial charge in [-0.2, -0.15) is 0 Å². The molecule has 0 saturated heterocycles. The summed E-state index contributed by atoms with van der Waals surface area (Å²) in [6.45, 7) is 6.81. The highest BCUT2D eigenvalue weighted by Crippen LogP contribution is 2.21. The van der Waals surface area contributed by atoms with Crippen LogP contribution in [0.1, 0.15) is 63.6 Å². The van der Waals surface area contributed by atoms with Gasteiger partial charge >= 0.3 is 0 Å². The number of nitrogens with one attached hydrogen (secondary N) is 1. The Bertz CT molecular complexity index is 388. The van der Waals surface area contributed by atoms with Crippen LogP contribution in [0.3, 0.4) is 0 Å². The molecule has 1 aromatic carbocycles. The van der Waals surface area contributed by atoms with Crippen molar-refractivity contribution in [3.05, 3.63) is 35.4 Å². The van der Waals surface area contributed by atoms with Crippen LogP contribution in [0.5, 0.6) is 0 Å². The third-order valence-electron chi connectivity index (χ3n) is 4.38. The molecule has 1 unspecified atom stereocenters. The Morgan fingerprint density at radius 2 is 1.65 bits per heavy atom. The normalized spacial score (nSPS) is 24.9. The Kier molecular flexibility index (Phi) is 5.62. The van der Waals surface area contributed by atoms with Gasteiger partial charge in [0.25, 0.3) is 0 Å². The SMILES string of the molecule is CC(C)Cc1ccc(C(C)NC2CCC(N)CC2)cc1. The van der Waals surface area contributed by atoms with Crippen LogP contribution in [-0.4, -0.2) is 12.1 Å². The zero-order chi connectivity index (χ0) is 14.5. The molecular weight excluding hydrogens is 244 g/mol. The van der Waals surface area contributed by atoms with Gasteiger partial charge in [-0.3, -0.25) is 0 Å². The third kappa shape index (κ3) is 4.60. The van der Waals surface area contributed by atoms with Crippen LogP contribution in [0.15, 0.2) is 24.3 Å². The molecule has 1 aliphatic carbocycles. The van der Waals surface area contributed by atoms with Crippen LogP contribution < -0.4 is 11.1 Å². The number of rotatable bonds is 5. The fourth-order valence-corrected chi connectivity index (χ4v) is 3.15. The number of benzene rings is 1. The first-order valence-corrected chi connectivity index (χ1v) is 8.15. The van der Waals surface area contributed by atoms with Gasteiger partial charge in [0.15, 0.2) is 0 Å². The van der Waals surface area contributed by atoms with Crippen molar-refractivity contribution in [2.75, 3.05) is 0 Å². The minimum absolute atomic E-state index is 0.429. The number of nitrogens with two attached hydrogens (primary N) is 1. The van der Waals surface area contributed by atoms with Crippen molar-refractivity contribution in [1.82, 2.24) is 5.32 Å². The zero-order valence-electron chi connectivity index (χ0n) is 13.2. The Morgan fingerprint density at radius 3 is 2.20 bits per heavy atom. The van der Waals surface area contributed by atoms with Gasteiger partial charge in [0.1, 0.15) is 0 Å². The molecule has 20 heavy (non-hydrogen) atoms. The lowest BCUT2D eigenvalue weighted by molar-refractivity contribution is 0.322. The van der Waals surface area contributed by atoms with Crippen molar-refractivity contribution in [2.24, 2.45) is 11.7 Å². The predicted molar refractivity (Wildman–Crippen MR) is 86.8 cm³/mol. The Balaban J connectivity index is 1.87. The van der Waals surface area contributed by atoms with E-state index in [0.29, 0.717) is 18.1 Å². The summed E-state index contributed by atoms with van der Waals surface area (Å²) in [5, 5.41) is 3.76. The van der Waals surface area contributed by atoms with Gasteiger partial charge in [0.05, 0.1) is 0 Å². The van der Waals surface area contributed by atoms with Crippen LogP contribution in [-0.2, 0) is 6.42 Å². The van der Waals surface area contributed by atoms with Crippen molar-refractivity contribution in [2.45, 2.75) is 71.0 Å². The lowest BCUT2D eigenvalue weighted by atomic mass is 9.91. The third-order valence-corrected chi connectivity index (χ3v) is 4.38. The van der Waals surface area contributed by atoms with E-state index in [9.17, 15) is 0 Å². The molecule has 3 N–H and O–H groups in total. The first kappa shape index (κ1) is 15.5. The summed E-state index contributed by atoms with van der Waals surface area (Å²) >= 11 is 0. The maximum Gasteiger partial charge on any atom is 0.0294 e.